The zero-order valence-corrected chi connectivity index (χ0v) is 9.37. The monoisotopic (exact) mass is 196 g/mol. The molecule has 0 aliphatic rings. The van der Waals surface area contributed by atoms with Gasteiger partial charge < -0.3 is 4.52 Å². The van der Waals surface area contributed by atoms with Gasteiger partial charge in [0.25, 0.3) is 6.57 Å². The van der Waals surface area contributed by atoms with Crippen LogP contribution < -0.4 is 0 Å². The van der Waals surface area contributed by atoms with Crippen LogP contribution in [0, 0.1) is 5.92 Å². The Kier molecular flexibility index (Phi) is 5.49. The lowest BCUT2D eigenvalue weighted by molar-refractivity contribution is 0.350. The maximum Gasteiger partial charge on any atom is 0.254 e. The fraction of sp³-hybridized carbons (Fsp3) is 1.00. The summed E-state index contributed by atoms with van der Waals surface area (Å²) in [4.78, 5) is 0. The van der Waals surface area contributed by atoms with Crippen molar-refractivity contribution in [2.45, 2.75) is 20.8 Å². The van der Waals surface area contributed by atoms with E-state index >= 15 is 0 Å². The van der Waals surface area contributed by atoms with Crippen molar-refractivity contribution in [3.05, 3.63) is 0 Å². The summed E-state index contributed by atoms with van der Waals surface area (Å²) in [5.41, 5.74) is 0. The fourth-order valence-corrected chi connectivity index (χ4v) is 3.92. The van der Waals surface area contributed by atoms with Crippen molar-refractivity contribution in [3.8, 4) is 0 Å². The zero-order valence-electron chi connectivity index (χ0n) is 7.66. The molecule has 0 radical (unpaired) electrons. The number of hydrogen-bond donors (Lipinski definition) is 0. The van der Waals surface area contributed by atoms with Crippen LogP contribution in [0.3, 0.4) is 0 Å². The molecule has 0 aliphatic heterocycles. The molecule has 0 saturated carbocycles. The highest BCUT2D eigenvalue weighted by Crippen LogP contribution is 2.56. The van der Waals surface area contributed by atoms with Gasteiger partial charge >= 0.3 is 0 Å². The number of rotatable bonds is 5. The summed E-state index contributed by atoms with van der Waals surface area (Å²) in [5.74, 6) is 1.49. The molecule has 0 amide bonds. The predicted octanol–water partition coefficient (Wildman–Crippen LogP) is 3.24. The lowest BCUT2D eigenvalue weighted by atomic mass is 10.3. The first-order valence-electron chi connectivity index (χ1n) is 3.84. The first-order valence-corrected chi connectivity index (χ1v) is 7.51. The van der Waals surface area contributed by atoms with Gasteiger partial charge in [0.2, 0.25) is 0 Å². The molecule has 0 aromatic carbocycles. The molecular formula is C7H17O2PS. The number of hydrogen-bond acceptors (Lipinski definition) is 3. The zero-order chi connectivity index (χ0) is 8.91. The van der Waals surface area contributed by atoms with Gasteiger partial charge in [-0.1, -0.05) is 25.2 Å². The topological polar surface area (TPSA) is 26.3 Å². The Hall–Kier alpha value is 0.540. The van der Waals surface area contributed by atoms with Crippen LogP contribution in [0.15, 0.2) is 0 Å². The maximum absolute atomic E-state index is 11.5. The minimum Gasteiger partial charge on any atom is -0.322 e. The summed E-state index contributed by atoms with van der Waals surface area (Å²) in [5, 5.41) is 0. The summed E-state index contributed by atoms with van der Waals surface area (Å²) in [6, 6.07) is 0. The van der Waals surface area contributed by atoms with Crippen LogP contribution in [0.1, 0.15) is 20.8 Å². The second-order valence-electron chi connectivity index (χ2n) is 2.88. The summed E-state index contributed by atoms with van der Waals surface area (Å²) in [7, 11) is 0. The highest BCUT2D eigenvalue weighted by atomic mass is 32.7. The van der Waals surface area contributed by atoms with E-state index in [0.717, 1.165) is 5.75 Å². The third-order valence-electron chi connectivity index (χ3n) is 1.01. The van der Waals surface area contributed by atoms with Crippen molar-refractivity contribution >= 4 is 18.0 Å². The molecule has 1 atom stereocenters. The van der Waals surface area contributed by atoms with Crippen LogP contribution in [-0.2, 0) is 9.09 Å². The van der Waals surface area contributed by atoms with E-state index in [1.807, 2.05) is 6.92 Å². The van der Waals surface area contributed by atoms with Crippen LogP contribution in [0.25, 0.3) is 0 Å². The largest absolute Gasteiger partial charge is 0.322 e. The first kappa shape index (κ1) is 11.5. The average Bonchev–Trinajstić information content (AvgIpc) is 1.84. The van der Waals surface area contributed by atoms with Crippen molar-refractivity contribution in [1.82, 2.24) is 0 Å². The Morgan fingerprint density at radius 3 is 2.45 bits per heavy atom. The van der Waals surface area contributed by atoms with E-state index in [-0.39, 0.29) is 0 Å². The van der Waals surface area contributed by atoms with Gasteiger partial charge in [-0.25, -0.2) is 0 Å². The molecule has 0 N–H and O–H groups in total. The molecule has 68 valence electrons. The van der Waals surface area contributed by atoms with Crippen molar-refractivity contribution in [2.24, 2.45) is 5.92 Å². The van der Waals surface area contributed by atoms with Crippen LogP contribution in [0.2, 0.25) is 0 Å². The second kappa shape index (κ2) is 5.23. The van der Waals surface area contributed by atoms with E-state index in [1.54, 1.807) is 6.66 Å². The van der Waals surface area contributed by atoms with Crippen molar-refractivity contribution in [2.75, 3.05) is 19.0 Å². The van der Waals surface area contributed by atoms with Crippen molar-refractivity contribution in [3.63, 3.8) is 0 Å². The molecule has 0 rings (SSSR count). The standard InChI is InChI=1S/C7H17O2PS/c1-5-9-10(4,8)11-6-7(2)3/h7H,5-6H2,1-4H3. The fourth-order valence-electron chi connectivity index (χ4n) is 0.556. The van der Waals surface area contributed by atoms with Gasteiger partial charge in [0, 0.05) is 12.4 Å². The Morgan fingerprint density at radius 2 is 2.09 bits per heavy atom. The highest BCUT2D eigenvalue weighted by molar-refractivity contribution is 8.56. The van der Waals surface area contributed by atoms with E-state index in [4.69, 9.17) is 4.52 Å². The Morgan fingerprint density at radius 1 is 1.55 bits per heavy atom. The molecule has 0 aliphatic carbocycles. The minimum absolute atomic E-state index is 0.541. The Bertz CT molecular complexity index is 147. The molecule has 0 heterocycles. The molecule has 0 bridgehead atoms. The van der Waals surface area contributed by atoms with Gasteiger partial charge in [-0.05, 0) is 12.8 Å². The molecule has 0 saturated heterocycles. The lowest BCUT2D eigenvalue weighted by Gasteiger charge is -2.12. The summed E-state index contributed by atoms with van der Waals surface area (Å²) < 4.78 is 16.6. The maximum atomic E-state index is 11.5. The minimum atomic E-state index is -2.33. The van der Waals surface area contributed by atoms with E-state index < -0.39 is 6.57 Å². The average molecular weight is 196 g/mol. The normalized spacial score (nSPS) is 16.8. The van der Waals surface area contributed by atoms with E-state index in [1.165, 1.54) is 11.4 Å². The van der Waals surface area contributed by atoms with Crippen LogP contribution in [0.4, 0.5) is 0 Å². The Balaban J connectivity index is 3.64. The molecule has 11 heavy (non-hydrogen) atoms. The molecule has 4 heteroatoms. The molecule has 2 nitrogen and oxygen atoms in total. The smallest absolute Gasteiger partial charge is 0.254 e. The van der Waals surface area contributed by atoms with Gasteiger partial charge in [0.05, 0.1) is 6.61 Å². The van der Waals surface area contributed by atoms with Crippen LogP contribution >= 0.6 is 18.0 Å². The van der Waals surface area contributed by atoms with Gasteiger partial charge in [0.15, 0.2) is 0 Å². The van der Waals surface area contributed by atoms with E-state index in [0.29, 0.717) is 12.5 Å². The van der Waals surface area contributed by atoms with Crippen molar-refractivity contribution in [1.29, 1.82) is 0 Å². The first-order chi connectivity index (χ1) is 4.98. The molecule has 1 unspecified atom stereocenters. The highest BCUT2D eigenvalue weighted by Gasteiger charge is 2.15. The third-order valence-corrected chi connectivity index (χ3v) is 5.19. The summed E-state index contributed by atoms with van der Waals surface area (Å²) in [6.07, 6.45) is 0. The molecular weight excluding hydrogens is 179 g/mol. The molecule has 0 aromatic heterocycles. The van der Waals surface area contributed by atoms with Gasteiger partial charge in [-0.3, -0.25) is 4.57 Å². The SMILES string of the molecule is CCOP(C)(=O)SCC(C)C. The quantitative estimate of drug-likeness (QED) is 0.631. The van der Waals surface area contributed by atoms with Gasteiger partial charge in [-0.2, -0.15) is 0 Å². The Labute approximate surface area is 73.3 Å². The third kappa shape index (κ3) is 6.92. The molecule has 0 aromatic rings. The van der Waals surface area contributed by atoms with Gasteiger partial charge in [0.1, 0.15) is 0 Å². The van der Waals surface area contributed by atoms with Gasteiger partial charge in [-0.15, -0.1) is 0 Å². The predicted molar refractivity (Wildman–Crippen MR) is 52.5 cm³/mol. The van der Waals surface area contributed by atoms with E-state index in [9.17, 15) is 4.57 Å². The van der Waals surface area contributed by atoms with Crippen LogP contribution in [0.5, 0.6) is 0 Å². The van der Waals surface area contributed by atoms with Crippen molar-refractivity contribution < 1.29 is 9.09 Å². The second-order valence-corrected chi connectivity index (χ2v) is 8.04. The lowest BCUT2D eigenvalue weighted by Crippen LogP contribution is -1.92. The van der Waals surface area contributed by atoms with Crippen LogP contribution in [-0.4, -0.2) is 19.0 Å². The summed E-state index contributed by atoms with van der Waals surface area (Å²) >= 11 is 1.44. The van der Waals surface area contributed by atoms with E-state index in [2.05, 4.69) is 13.8 Å². The molecule has 0 spiro atoms. The molecule has 0 fully saturated rings. The summed E-state index contributed by atoms with van der Waals surface area (Å²) in [6.45, 7) is 5.98.